The normalized spacial score (nSPS) is 13.8. The van der Waals surface area contributed by atoms with Gasteiger partial charge in [-0.1, -0.05) is 36.1 Å². The first-order valence-corrected chi connectivity index (χ1v) is 13.0. The third-order valence-electron chi connectivity index (χ3n) is 6.73. The van der Waals surface area contributed by atoms with Gasteiger partial charge in [0.1, 0.15) is 5.69 Å². The molecule has 1 saturated heterocycles. The van der Waals surface area contributed by atoms with Crippen LogP contribution in [0.2, 0.25) is 0 Å². The number of nitrogens with zero attached hydrogens (tertiary/aromatic N) is 4. The van der Waals surface area contributed by atoms with Crippen molar-refractivity contribution in [2.24, 2.45) is 0 Å². The number of benzene rings is 2. The van der Waals surface area contributed by atoms with Gasteiger partial charge in [-0.25, -0.2) is 9.78 Å². The molecule has 200 valence electrons. The van der Waals surface area contributed by atoms with Crippen molar-refractivity contribution < 1.29 is 9.84 Å². The van der Waals surface area contributed by atoms with Gasteiger partial charge in [-0.05, 0) is 49.2 Å². The second kappa shape index (κ2) is 11.6. The predicted octanol–water partition coefficient (Wildman–Crippen LogP) is 2.97. The Bertz CT molecular complexity index is 1610. The van der Waals surface area contributed by atoms with Crippen molar-refractivity contribution in [1.82, 2.24) is 24.0 Å². The van der Waals surface area contributed by atoms with Gasteiger partial charge in [0.25, 0.3) is 5.56 Å². The van der Waals surface area contributed by atoms with Crippen LogP contribution in [0.15, 0.2) is 70.6 Å². The molecule has 0 radical (unpaired) electrons. The number of aromatic hydroxyl groups is 1. The fraction of sp³-hybridized carbons (Fsp3) is 0.300. The lowest BCUT2D eigenvalue weighted by Gasteiger charge is -2.26. The summed E-state index contributed by atoms with van der Waals surface area (Å²) in [5.41, 5.74) is 3.92. The SMILES string of the molecule is CC(C)n1c(-c2ccc(C#Cc3ccc(CN4CCOCC4)cc3)cc2)cn(Cc2nc[nH]c(=O)c2O)c1=O. The molecule has 2 aromatic carbocycles. The molecule has 5 rings (SSSR count). The Morgan fingerprint density at radius 2 is 1.62 bits per heavy atom. The van der Waals surface area contributed by atoms with Crippen molar-refractivity contribution in [1.29, 1.82) is 0 Å². The minimum Gasteiger partial charge on any atom is -0.502 e. The maximum Gasteiger partial charge on any atom is 0.329 e. The van der Waals surface area contributed by atoms with Crippen LogP contribution in [0.3, 0.4) is 0 Å². The molecule has 1 aliphatic heterocycles. The number of hydrogen-bond donors (Lipinski definition) is 2. The van der Waals surface area contributed by atoms with Crippen LogP contribution in [-0.2, 0) is 17.8 Å². The molecule has 0 bridgehead atoms. The number of rotatable bonds is 6. The molecule has 9 heteroatoms. The lowest BCUT2D eigenvalue weighted by Crippen LogP contribution is -2.35. The summed E-state index contributed by atoms with van der Waals surface area (Å²) in [6.07, 6.45) is 2.94. The Morgan fingerprint density at radius 3 is 2.26 bits per heavy atom. The molecular weight excluding hydrogens is 494 g/mol. The average molecular weight is 526 g/mol. The number of imidazole rings is 1. The van der Waals surface area contributed by atoms with E-state index in [0.717, 1.165) is 55.2 Å². The summed E-state index contributed by atoms with van der Waals surface area (Å²) in [7, 11) is 0. The van der Waals surface area contributed by atoms with Crippen LogP contribution < -0.4 is 11.2 Å². The van der Waals surface area contributed by atoms with Crippen molar-refractivity contribution in [3.63, 3.8) is 0 Å². The van der Waals surface area contributed by atoms with Crippen molar-refractivity contribution in [2.75, 3.05) is 26.3 Å². The first-order valence-electron chi connectivity index (χ1n) is 13.0. The van der Waals surface area contributed by atoms with Crippen LogP contribution in [0.25, 0.3) is 11.3 Å². The fourth-order valence-corrected chi connectivity index (χ4v) is 4.62. The lowest BCUT2D eigenvalue weighted by molar-refractivity contribution is 0.0342. The molecule has 0 aliphatic carbocycles. The quantitative estimate of drug-likeness (QED) is 0.375. The average Bonchev–Trinajstić information content (AvgIpc) is 3.27. The second-order valence-electron chi connectivity index (χ2n) is 9.83. The van der Waals surface area contributed by atoms with Gasteiger partial charge in [0, 0.05) is 43.0 Å². The van der Waals surface area contributed by atoms with Gasteiger partial charge in [-0.2, -0.15) is 0 Å². The molecule has 0 amide bonds. The van der Waals surface area contributed by atoms with E-state index in [1.807, 2.05) is 38.1 Å². The highest BCUT2D eigenvalue weighted by molar-refractivity contribution is 5.61. The van der Waals surface area contributed by atoms with Gasteiger partial charge in [-0.3, -0.25) is 18.8 Å². The molecule has 1 fully saturated rings. The van der Waals surface area contributed by atoms with E-state index in [0.29, 0.717) is 0 Å². The maximum absolute atomic E-state index is 13.2. The van der Waals surface area contributed by atoms with Crippen LogP contribution >= 0.6 is 0 Å². The van der Waals surface area contributed by atoms with E-state index in [2.05, 4.69) is 51.0 Å². The Morgan fingerprint density at radius 1 is 0.974 bits per heavy atom. The van der Waals surface area contributed by atoms with E-state index in [1.54, 1.807) is 10.8 Å². The molecule has 0 spiro atoms. The molecule has 4 aromatic rings. The van der Waals surface area contributed by atoms with Crippen LogP contribution in [0.5, 0.6) is 5.75 Å². The van der Waals surface area contributed by atoms with Gasteiger partial charge in [0.05, 0.1) is 31.8 Å². The fourth-order valence-electron chi connectivity index (χ4n) is 4.62. The standard InChI is InChI=1S/C30H31N5O4/c1-21(2)35-27(19-34(30(35)38)18-26-28(36)29(37)32-20-31-26)25-11-9-23(10-12-25)4-3-22-5-7-24(8-6-22)17-33-13-15-39-16-14-33/h5-12,19-21,36H,13-18H2,1-2H3,(H,31,32,37). The molecular formula is C30H31N5O4. The van der Waals surface area contributed by atoms with E-state index in [4.69, 9.17) is 4.74 Å². The first kappa shape index (κ1) is 26.2. The summed E-state index contributed by atoms with van der Waals surface area (Å²) < 4.78 is 8.55. The number of hydrogen-bond acceptors (Lipinski definition) is 6. The zero-order valence-electron chi connectivity index (χ0n) is 22.1. The Labute approximate surface area is 226 Å². The Balaban J connectivity index is 1.33. The molecule has 0 unspecified atom stereocenters. The van der Waals surface area contributed by atoms with E-state index < -0.39 is 11.3 Å². The summed E-state index contributed by atoms with van der Waals surface area (Å²) in [4.78, 5) is 33.6. The highest BCUT2D eigenvalue weighted by Crippen LogP contribution is 2.23. The lowest BCUT2D eigenvalue weighted by atomic mass is 10.1. The first-order chi connectivity index (χ1) is 18.9. The summed E-state index contributed by atoms with van der Waals surface area (Å²) in [5, 5.41) is 10.0. The van der Waals surface area contributed by atoms with Crippen molar-refractivity contribution in [3.05, 3.63) is 104 Å². The largest absolute Gasteiger partial charge is 0.502 e. The van der Waals surface area contributed by atoms with Crippen LogP contribution in [0.1, 0.15) is 42.3 Å². The molecule has 2 N–H and O–H groups in total. The highest BCUT2D eigenvalue weighted by Gasteiger charge is 2.17. The number of aromatic nitrogens is 4. The van der Waals surface area contributed by atoms with Crippen LogP contribution in [0.4, 0.5) is 0 Å². The third kappa shape index (κ3) is 6.03. The van der Waals surface area contributed by atoms with E-state index in [1.165, 1.54) is 16.5 Å². The zero-order valence-corrected chi connectivity index (χ0v) is 22.1. The van der Waals surface area contributed by atoms with Gasteiger partial charge < -0.3 is 14.8 Å². The number of nitrogens with one attached hydrogen (secondary N) is 1. The minimum absolute atomic E-state index is 0.0178. The highest BCUT2D eigenvalue weighted by atomic mass is 16.5. The number of ether oxygens (including phenoxy) is 1. The third-order valence-corrected chi connectivity index (χ3v) is 6.73. The molecule has 39 heavy (non-hydrogen) atoms. The molecule has 2 aromatic heterocycles. The smallest absolute Gasteiger partial charge is 0.329 e. The van der Waals surface area contributed by atoms with Crippen molar-refractivity contribution >= 4 is 0 Å². The van der Waals surface area contributed by atoms with Gasteiger partial charge in [0.15, 0.2) is 0 Å². The van der Waals surface area contributed by atoms with Crippen molar-refractivity contribution in [2.45, 2.75) is 33.0 Å². The summed E-state index contributed by atoms with van der Waals surface area (Å²) in [6.45, 7) is 8.28. The van der Waals surface area contributed by atoms with E-state index in [9.17, 15) is 14.7 Å². The Hall–Kier alpha value is -4.39. The minimum atomic E-state index is -0.641. The monoisotopic (exact) mass is 525 g/mol. The summed E-state index contributed by atoms with van der Waals surface area (Å²) in [5.74, 6) is 5.96. The predicted molar refractivity (Wildman–Crippen MR) is 149 cm³/mol. The zero-order chi connectivity index (χ0) is 27.4. The number of aromatic amines is 1. The summed E-state index contributed by atoms with van der Waals surface area (Å²) in [6, 6.07) is 16.0. The summed E-state index contributed by atoms with van der Waals surface area (Å²) >= 11 is 0. The molecule has 3 heterocycles. The van der Waals surface area contributed by atoms with Gasteiger partial charge in [-0.15, -0.1) is 0 Å². The molecule has 0 saturated carbocycles. The van der Waals surface area contributed by atoms with E-state index in [-0.39, 0.29) is 24.0 Å². The number of H-pyrrole nitrogens is 1. The second-order valence-corrected chi connectivity index (χ2v) is 9.83. The van der Waals surface area contributed by atoms with Crippen LogP contribution in [-0.4, -0.2) is 55.4 Å². The number of morpholine rings is 1. The molecule has 0 atom stereocenters. The van der Waals surface area contributed by atoms with Gasteiger partial charge in [0.2, 0.25) is 5.75 Å². The molecule has 1 aliphatic rings. The maximum atomic E-state index is 13.2. The topological polar surface area (TPSA) is 105 Å². The van der Waals surface area contributed by atoms with Gasteiger partial charge >= 0.3 is 5.69 Å². The van der Waals surface area contributed by atoms with E-state index >= 15 is 0 Å². The molecule has 9 nitrogen and oxygen atoms in total. The Kier molecular flexibility index (Phi) is 7.77. The van der Waals surface area contributed by atoms with Crippen LogP contribution in [0, 0.1) is 11.8 Å². The van der Waals surface area contributed by atoms with Crippen molar-refractivity contribution in [3.8, 4) is 28.8 Å².